The molecule has 0 spiro atoms. The van der Waals surface area contributed by atoms with Gasteiger partial charge in [-0.2, -0.15) is 0 Å². The Kier molecular flexibility index (Phi) is 3.72. The van der Waals surface area contributed by atoms with E-state index in [0.29, 0.717) is 0 Å². The maximum Gasteiger partial charge on any atom is 0.225 e. The van der Waals surface area contributed by atoms with Crippen LogP contribution in [0.25, 0.3) is 0 Å². The van der Waals surface area contributed by atoms with Crippen LogP contribution in [0.3, 0.4) is 0 Å². The van der Waals surface area contributed by atoms with E-state index in [-0.39, 0.29) is 0 Å². The van der Waals surface area contributed by atoms with Crippen LogP contribution < -0.4 is 10.2 Å². The molecule has 1 aromatic heterocycles. The lowest BCUT2D eigenvalue weighted by Gasteiger charge is -2.15. The lowest BCUT2D eigenvalue weighted by atomic mass is 10.1. The third-order valence-electron chi connectivity index (χ3n) is 3.22. The predicted octanol–water partition coefficient (Wildman–Crippen LogP) is 1.43. The molecule has 1 fully saturated rings. The zero-order valence-electron chi connectivity index (χ0n) is 10.1. The molecule has 4 nitrogen and oxygen atoms in total. The fourth-order valence-electron chi connectivity index (χ4n) is 2.15. The Morgan fingerprint density at radius 2 is 2.19 bits per heavy atom. The van der Waals surface area contributed by atoms with Crippen LogP contribution in [0.1, 0.15) is 25.3 Å². The third kappa shape index (κ3) is 2.50. The minimum absolute atomic E-state index is 0.820. The maximum atomic E-state index is 4.42. The minimum Gasteiger partial charge on any atom is -0.341 e. The van der Waals surface area contributed by atoms with Gasteiger partial charge >= 0.3 is 0 Å². The molecule has 0 radical (unpaired) electrons. The molecule has 2 rings (SSSR count). The molecule has 2 heterocycles. The highest BCUT2D eigenvalue weighted by Crippen LogP contribution is 2.22. The van der Waals surface area contributed by atoms with Crippen LogP contribution in [0.15, 0.2) is 12.4 Å². The monoisotopic (exact) mass is 220 g/mol. The second-order valence-electron chi connectivity index (χ2n) is 4.43. The lowest BCUT2D eigenvalue weighted by Crippen LogP contribution is -2.22. The van der Waals surface area contributed by atoms with E-state index in [1.807, 2.05) is 19.4 Å². The molecule has 1 atom stereocenters. The molecule has 1 N–H and O–H groups in total. The van der Waals surface area contributed by atoms with E-state index in [2.05, 4.69) is 27.1 Å². The molecule has 0 amide bonds. The largest absolute Gasteiger partial charge is 0.341 e. The molecular formula is C12H20N4. The van der Waals surface area contributed by atoms with E-state index in [1.54, 1.807) is 0 Å². The summed E-state index contributed by atoms with van der Waals surface area (Å²) in [5.41, 5.74) is 1.14. The highest BCUT2D eigenvalue weighted by Gasteiger charge is 2.22. The number of nitrogens with one attached hydrogen (secondary N) is 1. The summed E-state index contributed by atoms with van der Waals surface area (Å²) >= 11 is 0. The predicted molar refractivity (Wildman–Crippen MR) is 65.4 cm³/mol. The van der Waals surface area contributed by atoms with E-state index in [0.717, 1.165) is 37.1 Å². The highest BCUT2D eigenvalue weighted by molar-refractivity contribution is 5.31. The molecule has 1 unspecified atom stereocenters. The number of hydrogen-bond donors (Lipinski definition) is 1. The van der Waals surface area contributed by atoms with E-state index in [4.69, 9.17) is 0 Å². The number of anilines is 1. The van der Waals surface area contributed by atoms with Crippen LogP contribution >= 0.6 is 0 Å². The van der Waals surface area contributed by atoms with E-state index in [1.165, 1.54) is 12.8 Å². The normalized spacial score (nSPS) is 20.4. The zero-order valence-corrected chi connectivity index (χ0v) is 10.1. The summed E-state index contributed by atoms with van der Waals surface area (Å²) in [6, 6.07) is 0. The average molecular weight is 220 g/mol. The van der Waals surface area contributed by atoms with Crippen molar-refractivity contribution in [1.29, 1.82) is 0 Å². The summed E-state index contributed by atoms with van der Waals surface area (Å²) in [6.45, 7) is 5.30. The maximum absolute atomic E-state index is 4.42. The Labute approximate surface area is 97.1 Å². The Morgan fingerprint density at radius 3 is 2.75 bits per heavy atom. The SMILES string of the molecule is CCC1CCN(c2ncc(CNC)cn2)C1. The van der Waals surface area contributed by atoms with Crippen molar-refractivity contribution in [3.05, 3.63) is 18.0 Å². The molecular weight excluding hydrogens is 200 g/mol. The molecule has 0 saturated carbocycles. The first-order chi connectivity index (χ1) is 7.83. The van der Waals surface area contributed by atoms with Crippen LogP contribution in [0.4, 0.5) is 5.95 Å². The van der Waals surface area contributed by atoms with Crippen LogP contribution in [0, 0.1) is 5.92 Å². The summed E-state index contributed by atoms with van der Waals surface area (Å²) in [5.74, 6) is 1.70. The summed E-state index contributed by atoms with van der Waals surface area (Å²) in [4.78, 5) is 11.1. The molecule has 1 aromatic rings. The molecule has 16 heavy (non-hydrogen) atoms. The van der Waals surface area contributed by atoms with Crippen molar-refractivity contribution in [2.75, 3.05) is 25.0 Å². The van der Waals surface area contributed by atoms with Gasteiger partial charge in [-0.1, -0.05) is 13.3 Å². The van der Waals surface area contributed by atoms with Gasteiger partial charge in [-0.3, -0.25) is 0 Å². The van der Waals surface area contributed by atoms with Gasteiger partial charge in [-0.25, -0.2) is 9.97 Å². The molecule has 4 heteroatoms. The van der Waals surface area contributed by atoms with Crippen molar-refractivity contribution in [3.8, 4) is 0 Å². The zero-order chi connectivity index (χ0) is 11.4. The summed E-state index contributed by atoms with van der Waals surface area (Å²) < 4.78 is 0. The van der Waals surface area contributed by atoms with Crippen LogP contribution in [0.2, 0.25) is 0 Å². The second kappa shape index (κ2) is 5.25. The number of aromatic nitrogens is 2. The van der Waals surface area contributed by atoms with Crippen molar-refractivity contribution < 1.29 is 0 Å². The molecule has 1 aliphatic rings. The molecule has 1 aliphatic heterocycles. The van der Waals surface area contributed by atoms with Crippen LogP contribution in [0.5, 0.6) is 0 Å². The number of rotatable bonds is 4. The van der Waals surface area contributed by atoms with E-state index < -0.39 is 0 Å². The van der Waals surface area contributed by atoms with Crippen molar-refractivity contribution in [1.82, 2.24) is 15.3 Å². The first-order valence-corrected chi connectivity index (χ1v) is 6.04. The topological polar surface area (TPSA) is 41.1 Å². The Bertz CT molecular complexity index is 322. The first kappa shape index (κ1) is 11.3. The van der Waals surface area contributed by atoms with Gasteiger partial charge in [0.1, 0.15) is 0 Å². The summed E-state index contributed by atoms with van der Waals surface area (Å²) in [6.07, 6.45) is 6.36. The van der Waals surface area contributed by atoms with E-state index in [9.17, 15) is 0 Å². The van der Waals surface area contributed by atoms with Gasteiger partial charge in [0.15, 0.2) is 0 Å². The Balaban J connectivity index is 1.99. The van der Waals surface area contributed by atoms with Crippen LogP contribution in [-0.4, -0.2) is 30.1 Å². The fourth-order valence-corrected chi connectivity index (χ4v) is 2.15. The van der Waals surface area contributed by atoms with Gasteiger partial charge in [0.2, 0.25) is 5.95 Å². The van der Waals surface area contributed by atoms with Crippen LogP contribution in [-0.2, 0) is 6.54 Å². The van der Waals surface area contributed by atoms with Gasteiger partial charge in [-0.15, -0.1) is 0 Å². The number of nitrogens with zero attached hydrogens (tertiary/aromatic N) is 3. The molecule has 0 aromatic carbocycles. The summed E-state index contributed by atoms with van der Waals surface area (Å²) in [5, 5.41) is 3.10. The quantitative estimate of drug-likeness (QED) is 0.833. The standard InChI is InChI=1S/C12H20N4/c1-3-10-4-5-16(9-10)12-14-7-11(6-13-2)8-15-12/h7-8,10,13H,3-6,9H2,1-2H3. The second-order valence-corrected chi connectivity index (χ2v) is 4.43. The van der Waals surface area contributed by atoms with Crippen molar-refractivity contribution in [2.24, 2.45) is 5.92 Å². The molecule has 1 saturated heterocycles. The van der Waals surface area contributed by atoms with Gasteiger partial charge in [0.05, 0.1) is 0 Å². The van der Waals surface area contributed by atoms with Gasteiger partial charge in [0, 0.05) is 37.6 Å². The Morgan fingerprint density at radius 1 is 1.44 bits per heavy atom. The molecule has 0 bridgehead atoms. The number of hydrogen-bond acceptors (Lipinski definition) is 4. The van der Waals surface area contributed by atoms with E-state index >= 15 is 0 Å². The summed E-state index contributed by atoms with van der Waals surface area (Å²) in [7, 11) is 1.93. The average Bonchev–Trinajstić information content (AvgIpc) is 2.79. The smallest absolute Gasteiger partial charge is 0.225 e. The third-order valence-corrected chi connectivity index (χ3v) is 3.22. The first-order valence-electron chi connectivity index (χ1n) is 6.04. The fraction of sp³-hybridized carbons (Fsp3) is 0.667. The minimum atomic E-state index is 0.820. The van der Waals surface area contributed by atoms with Gasteiger partial charge in [0.25, 0.3) is 0 Å². The highest BCUT2D eigenvalue weighted by atomic mass is 15.3. The Hall–Kier alpha value is -1.16. The molecule has 88 valence electrons. The van der Waals surface area contributed by atoms with Crippen molar-refractivity contribution in [3.63, 3.8) is 0 Å². The van der Waals surface area contributed by atoms with Gasteiger partial charge in [-0.05, 0) is 19.4 Å². The van der Waals surface area contributed by atoms with Crippen molar-refractivity contribution in [2.45, 2.75) is 26.3 Å². The molecule has 0 aliphatic carbocycles. The van der Waals surface area contributed by atoms with Crippen molar-refractivity contribution >= 4 is 5.95 Å². The van der Waals surface area contributed by atoms with Gasteiger partial charge < -0.3 is 10.2 Å². The lowest BCUT2D eigenvalue weighted by molar-refractivity contribution is 0.568.